The van der Waals surface area contributed by atoms with Crippen molar-refractivity contribution in [3.05, 3.63) is 21.1 Å². The van der Waals surface area contributed by atoms with Crippen molar-refractivity contribution in [2.45, 2.75) is 0 Å². The Balaban J connectivity index is 3.40. The summed E-state index contributed by atoms with van der Waals surface area (Å²) < 4.78 is 17.7. The smallest absolute Gasteiger partial charge is 0.359 e. The van der Waals surface area contributed by atoms with Crippen molar-refractivity contribution in [3.63, 3.8) is 0 Å². The number of rotatable bonds is 1. The van der Waals surface area contributed by atoms with Gasteiger partial charge in [-0.05, 0) is 15.9 Å². The molecule has 0 radical (unpaired) electrons. The number of carbonyl (C=O) groups is 1. The quantitative estimate of drug-likeness (QED) is 0.632. The van der Waals surface area contributed by atoms with Crippen LogP contribution in [0.5, 0.6) is 0 Å². The van der Waals surface area contributed by atoms with E-state index in [9.17, 15) is 9.18 Å². The van der Waals surface area contributed by atoms with E-state index < -0.39 is 17.5 Å². The molecule has 0 fully saturated rings. The normalized spacial score (nSPS) is 10.0. The summed E-state index contributed by atoms with van der Waals surface area (Å²) in [5.74, 6) is -1.89. The number of ether oxygens (including phenoxy) is 1. The van der Waals surface area contributed by atoms with Gasteiger partial charge in [0.05, 0.1) is 17.8 Å². The molecular formula is C7H5BrClFN2O2. The van der Waals surface area contributed by atoms with E-state index in [1.165, 1.54) is 0 Å². The van der Waals surface area contributed by atoms with E-state index in [2.05, 4.69) is 25.7 Å². The van der Waals surface area contributed by atoms with Gasteiger partial charge in [-0.15, -0.1) is 0 Å². The van der Waals surface area contributed by atoms with Crippen LogP contribution in [-0.2, 0) is 4.74 Å². The van der Waals surface area contributed by atoms with Gasteiger partial charge in [-0.25, -0.2) is 14.2 Å². The first-order valence-corrected chi connectivity index (χ1v) is 4.54. The number of nitrogens with two attached hydrogens (primary N) is 1. The summed E-state index contributed by atoms with van der Waals surface area (Å²) in [6.45, 7) is 0. The lowest BCUT2D eigenvalue weighted by atomic mass is 10.3. The van der Waals surface area contributed by atoms with E-state index in [1.54, 1.807) is 0 Å². The highest BCUT2D eigenvalue weighted by Gasteiger charge is 2.21. The van der Waals surface area contributed by atoms with Crippen LogP contribution in [0, 0.1) is 5.82 Å². The second-order valence-corrected chi connectivity index (χ2v) is 3.41. The number of nitrogens with zero attached hydrogens (tertiary/aromatic N) is 1. The summed E-state index contributed by atoms with van der Waals surface area (Å²) in [5, 5.41) is -0.0739. The fourth-order valence-corrected chi connectivity index (χ4v) is 1.28. The Morgan fingerprint density at radius 2 is 2.29 bits per heavy atom. The fourth-order valence-electron chi connectivity index (χ4n) is 0.763. The third-order valence-electron chi connectivity index (χ3n) is 1.45. The summed E-state index contributed by atoms with van der Waals surface area (Å²) >= 11 is 8.51. The lowest BCUT2D eigenvalue weighted by molar-refractivity contribution is 0.0588. The van der Waals surface area contributed by atoms with E-state index >= 15 is 0 Å². The van der Waals surface area contributed by atoms with E-state index in [0.717, 1.165) is 7.11 Å². The monoisotopic (exact) mass is 282 g/mol. The van der Waals surface area contributed by atoms with Gasteiger partial charge in [0, 0.05) is 0 Å². The lowest BCUT2D eigenvalue weighted by Crippen LogP contribution is -2.10. The molecule has 1 aromatic rings. The molecule has 0 atom stereocenters. The van der Waals surface area contributed by atoms with Gasteiger partial charge in [0.1, 0.15) is 4.60 Å². The molecule has 0 aliphatic carbocycles. The Morgan fingerprint density at radius 3 is 2.79 bits per heavy atom. The van der Waals surface area contributed by atoms with Crippen molar-refractivity contribution in [3.8, 4) is 0 Å². The van der Waals surface area contributed by atoms with Gasteiger partial charge in [0.15, 0.2) is 11.5 Å². The molecule has 2 N–H and O–H groups in total. The second-order valence-electron chi connectivity index (χ2n) is 2.28. The molecular weight excluding hydrogens is 278 g/mol. The van der Waals surface area contributed by atoms with E-state index in [-0.39, 0.29) is 15.3 Å². The topological polar surface area (TPSA) is 65.2 Å². The van der Waals surface area contributed by atoms with E-state index in [0.29, 0.717) is 0 Å². The van der Waals surface area contributed by atoms with Gasteiger partial charge in [-0.1, -0.05) is 11.6 Å². The maximum atomic E-state index is 13.3. The number of carbonyl (C=O) groups excluding carboxylic acids is 1. The Morgan fingerprint density at radius 1 is 1.71 bits per heavy atom. The first-order valence-electron chi connectivity index (χ1n) is 3.37. The second kappa shape index (κ2) is 4.10. The minimum absolute atomic E-state index is 0.0739. The minimum Gasteiger partial charge on any atom is -0.464 e. The van der Waals surface area contributed by atoms with E-state index in [4.69, 9.17) is 17.3 Å². The summed E-state index contributed by atoms with van der Waals surface area (Å²) in [6.07, 6.45) is 0. The van der Waals surface area contributed by atoms with Crippen molar-refractivity contribution in [2.75, 3.05) is 12.8 Å². The number of nitrogen functional groups attached to an aromatic ring is 1. The third-order valence-corrected chi connectivity index (χ3v) is 2.64. The average molecular weight is 283 g/mol. The molecule has 76 valence electrons. The number of esters is 1. The zero-order valence-electron chi connectivity index (χ0n) is 6.97. The van der Waals surface area contributed by atoms with Crippen LogP contribution in [0.1, 0.15) is 10.5 Å². The molecule has 0 bridgehead atoms. The standard InChI is InChI=1S/C7H5BrClFN2O2/c1-14-7(13)5-3(10)4(11)2(9)6(8)12-5/h1H3,(H2,11,12). The van der Waals surface area contributed by atoms with Crippen molar-refractivity contribution in [1.29, 1.82) is 0 Å². The highest BCUT2D eigenvalue weighted by Crippen LogP contribution is 2.30. The number of halogens is 3. The zero-order chi connectivity index (χ0) is 10.9. The molecule has 0 spiro atoms. The molecule has 1 aromatic heterocycles. The van der Waals surface area contributed by atoms with Gasteiger partial charge in [-0.3, -0.25) is 0 Å². The van der Waals surface area contributed by atoms with Crippen molar-refractivity contribution >= 4 is 39.2 Å². The molecule has 0 aliphatic rings. The minimum atomic E-state index is -0.981. The van der Waals surface area contributed by atoms with Crippen LogP contribution in [0.4, 0.5) is 10.1 Å². The molecule has 1 rings (SSSR count). The van der Waals surface area contributed by atoms with Crippen LogP contribution in [0.3, 0.4) is 0 Å². The van der Waals surface area contributed by atoms with Crippen LogP contribution in [-0.4, -0.2) is 18.1 Å². The summed E-state index contributed by atoms with van der Waals surface area (Å²) in [6, 6.07) is 0. The molecule has 14 heavy (non-hydrogen) atoms. The van der Waals surface area contributed by atoms with Crippen LogP contribution in [0.15, 0.2) is 4.60 Å². The summed E-state index contributed by atoms with van der Waals surface area (Å²) in [5.41, 5.74) is 4.45. The number of methoxy groups -OCH3 is 1. The Bertz CT molecular complexity index is 400. The Hall–Kier alpha value is -0.880. The van der Waals surface area contributed by atoms with Crippen molar-refractivity contribution in [1.82, 2.24) is 4.98 Å². The number of hydrogen-bond acceptors (Lipinski definition) is 4. The van der Waals surface area contributed by atoms with Gasteiger partial charge in [-0.2, -0.15) is 0 Å². The molecule has 7 heteroatoms. The maximum Gasteiger partial charge on any atom is 0.359 e. The highest BCUT2D eigenvalue weighted by molar-refractivity contribution is 9.10. The molecule has 1 heterocycles. The summed E-state index contributed by atoms with van der Waals surface area (Å²) in [4.78, 5) is 14.6. The predicted octanol–water partition coefficient (Wildman–Crippen LogP) is 2.01. The molecule has 0 saturated carbocycles. The largest absolute Gasteiger partial charge is 0.464 e. The first kappa shape index (κ1) is 11.2. The average Bonchev–Trinajstić information content (AvgIpc) is 2.19. The third kappa shape index (κ3) is 1.80. The zero-order valence-corrected chi connectivity index (χ0v) is 9.32. The Labute approximate surface area is 92.3 Å². The number of hydrogen-bond donors (Lipinski definition) is 1. The molecule has 0 saturated heterocycles. The number of anilines is 1. The van der Waals surface area contributed by atoms with Crippen LogP contribution < -0.4 is 5.73 Å². The van der Waals surface area contributed by atoms with Crippen LogP contribution in [0.2, 0.25) is 5.02 Å². The number of pyridine rings is 1. The van der Waals surface area contributed by atoms with Gasteiger partial charge in [0.2, 0.25) is 0 Å². The molecule has 0 aromatic carbocycles. The summed E-state index contributed by atoms with van der Waals surface area (Å²) in [7, 11) is 1.11. The molecule has 0 aliphatic heterocycles. The van der Waals surface area contributed by atoms with Crippen LogP contribution >= 0.6 is 27.5 Å². The SMILES string of the molecule is COC(=O)c1nc(Br)c(Cl)c(N)c1F. The first-order chi connectivity index (χ1) is 6.49. The lowest BCUT2D eigenvalue weighted by Gasteiger charge is -2.05. The van der Waals surface area contributed by atoms with Crippen molar-refractivity contribution < 1.29 is 13.9 Å². The molecule has 0 unspecified atom stereocenters. The highest BCUT2D eigenvalue weighted by atomic mass is 79.9. The van der Waals surface area contributed by atoms with E-state index in [1.807, 2.05) is 0 Å². The molecule has 4 nitrogen and oxygen atoms in total. The molecule has 0 amide bonds. The van der Waals surface area contributed by atoms with Crippen molar-refractivity contribution in [2.24, 2.45) is 0 Å². The maximum absolute atomic E-state index is 13.3. The number of aromatic nitrogens is 1. The van der Waals surface area contributed by atoms with Crippen LogP contribution in [0.25, 0.3) is 0 Å². The van der Waals surface area contributed by atoms with Gasteiger partial charge in [0.25, 0.3) is 0 Å². The Kier molecular flexibility index (Phi) is 3.28. The van der Waals surface area contributed by atoms with Gasteiger partial charge >= 0.3 is 5.97 Å². The predicted molar refractivity (Wildman–Crippen MR) is 52.7 cm³/mol. The van der Waals surface area contributed by atoms with Gasteiger partial charge < -0.3 is 10.5 Å². The fraction of sp³-hybridized carbons (Fsp3) is 0.143.